The van der Waals surface area contributed by atoms with Gasteiger partial charge in [0.2, 0.25) is 23.2 Å². The number of phenols is 1. The number of nitro benzene ring substituents is 1. The van der Waals surface area contributed by atoms with Gasteiger partial charge in [-0.25, -0.2) is 0 Å². The van der Waals surface area contributed by atoms with Crippen LogP contribution < -0.4 is 4.74 Å². The van der Waals surface area contributed by atoms with Crippen LogP contribution in [0.2, 0.25) is 0 Å². The number of phenolic OH excluding ortho intramolecular Hbond substituents is 1. The Morgan fingerprint density at radius 1 is 0.967 bits per heavy atom. The van der Waals surface area contributed by atoms with E-state index in [-0.39, 0.29) is 36.2 Å². The zero-order chi connectivity index (χ0) is 22.1. The first-order chi connectivity index (χ1) is 13.6. The Morgan fingerprint density at radius 3 is 2.03 bits per heavy atom. The van der Waals surface area contributed by atoms with Crippen LogP contribution in [0.3, 0.4) is 0 Å². The van der Waals surface area contributed by atoms with Crippen molar-refractivity contribution in [3.63, 3.8) is 0 Å². The van der Waals surface area contributed by atoms with Crippen molar-refractivity contribution in [2.75, 3.05) is 6.61 Å². The van der Waals surface area contributed by atoms with E-state index < -0.39 is 39.6 Å². The molecule has 5 nitrogen and oxygen atoms in total. The summed E-state index contributed by atoms with van der Waals surface area (Å²) >= 11 is 0. The van der Waals surface area contributed by atoms with E-state index in [2.05, 4.69) is 32.9 Å². The van der Waals surface area contributed by atoms with E-state index in [0.29, 0.717) is 6.42 Å². The molecule has 1 rings (SSSR count). The molecule has 0 aliphatic carbocycles. The number of rotatable bonds is 10. The van der Waals surface area contributed by atoms with E-state index in [4.69, 9.17) is 4.74 Å². The van der Waals surface area contributed by atoms with Crippen LogP contribution in [0.5, 0.6) is 11.5 Å². The summed E-state index contributed by atoms with van der Waals surface area (Å²) in [6.45, 7) is 7.71. The van der Waals surface area contributed by atoms with Crippen molar-refractivity contribution in [1.29, 1.82) is 0 Å². The molecule has 0 bridgehead atoms. The quantitative estimate of drug-likeness (QED) is 0.163. The van der Waals surface area contributed by atoms with Crippen LogP contribution in [-0.2, 0) is 0 Å². The molecule has 0 aromatic heterocycles. The number of hydrogen-bond donors (Lipinski definition) is 1. The van der Waals surface area contributed by atoms with Crippen molar-refractivity contribution < 1.29 is 27.9 Å². The number of halogens is 3. The summed E-state index contributed by atoms with van der Waals surface area (Å²) < 4.78 is 46.3. The molecule has 0 radical (unpaired) electrons. The molecule has 1 aromatic carbocycles. The molecule has 0 saturated carbocycles. The molecule has 0 heterocycles. The summed E-state index contributed by atoms with van der Waals surface area (Å²) in [6.07, 6.45) is 9.33. The van der Waals surface area contributed by atoms with Gasteiger partial charge in [-0.15, -0.1) is 0 Å². The average Bonchev–Trinajstić information content (AvgIpc) is 2.62. The van der Waals surface area contributed by atoms with Gasteiger partial charge in [0.05, 0.1) is 4.92 Å². The third kappa shape index (κ3) is 8.53. The molecule has 30 heavy (non-hydrogen) atoms. The van der Waals surface area contributed by atoms with Crippen molar-refractivity contribution in [1.82, 2.24) is 0 Å². The Labute approximate surface area is 196 Å². The van der Waals surface area contributed by atoms with Crippen LogP contribution in [0.1, 0.15) is 53.4 Å². The standard InChI is InChI=1S/C21H26F3NO4.Na.H/c1-13(2)7-5-8-14(3)9-6-10-15(4)11-12-29-21-17(23)16(22)19(25(27)28)20(26)18(21)24;;/h7,9,11,26H,5-6,8,10,12H2,1-4H3;;/b14-9+,15-11+;;. The predicted molar refractivity (Wildman–Crippen MR) is 113 cm³/mol. The fourth-order valence-corrected chi connectivity index (χ4v) is 2.51. The Hall–Kier alpha value is -1.77. The van der Waals surface area contributed by atoms with Crippen LogP contribution in [0, 0.1) is 27.6 Å². The summed E-state index contributed by atoms with van der Waals surface area (Å²) in [6, 6.07) is 0. The monoisotopic (exact) mass is 437 g/mol. The number of allylic oxidation sites excluding steroid dienone is 5. The van der Waals surface area contributed by atoms with Gasteiger partial charge in [0.1, 0.15) is 6.61 Å². The molecule has 1 N–H and O–H groups in total. The molecule has 0 unspecified atom stereocenters. The molecule has 0 aliphatic rings. The molecule has 9 heteroatoms. The van der Waals surface area contributed by atoms with Crippen molar-refractivity contribution >= 4 is 35.2 Å². The Balaban J connectivity index is 0.00000841. The van der Waals surface area contributed by atoms with Crippen LogP contribution >= 0.6 is 0 Å². The SMILES string of the molecule is CC(C)=CCC/C(C)=C/CC/C(C)=C/COc1c(F)c(O)c([N+](=O)[O-])c(F)c1F.[NaH]. The number of hydrogen-bond acceptors (Lipinski definition) is 4. The summed E-state index contributed by atoms with van der Waals surface area (Å²) in [7, 11) is 0. The fourth-order valence-electron chi connectivity index (χ4n) is 2.51. The van der Waals surface area contributed by atoms with Gasteiger partial charge in [-0.2, -0.15) is 13.2 Å². The van der Waals surface area contributed by atoms with Crippen molar-refractivity contribution in [2.24, 2.45) is 0 Å². The molecule has 0 saturated heterocycles. The number of ether oxygens (including phenoxy) is 1. The molecule has 162 valence electrons. The zero-order valence-electron chi connectivity index (χ0n) is 17.0. The number of aromatic hydroxyl groups is 1. The Morgan fingerprint density at radius 2 is 1.50 bits per heavy atom. The topological polar surface area (TPSA) is 72.6 Å². The second kappa shape index (κ2) is 13.5. The van der Waals surface area contributed by atoms with Gasteiger partial charge in [-0.3, -0.25) is 10.1 Å². The average molecular weight is 437 g/mol. The van der Waals surface area contributed by atoms with Crippen molar-refractivity contribution in [3.8, 4) is 11.5 Å². The minimum atomic E-state index is -1.97. The van der Waals surface area contributed by atoms with E-state index in [9.17, 15) is 28.4 Å². The molecule has 0 aliphatic heterocycles. The summed E-state index contributed by atoms with van der Waals surface area (Å²) in [4.78, 5) is 9.21. The third-order valence-corrected chi connectivity index (χ3v) is 4.20. The van der Waals surface area contributed by atoms with Crippen LogP contribution in [0.4, 0.5) is 18.9 Å². The van der Waals surface area contributed by atoms with Gasteiger partial charge < -0.3 is 9.84 Å². The molecule has 0 atom stereocenters. The molecular formula is C21H27F3NNaO4. The van der Waals surface area contributed by atoms with E-state index in [1.54, 1.807) is 6.08 Å². The fraction of sp³-hybridized carbons (Fsp3) is 0.429. The zero-order valence-corrected chi connectivity index (χ0v) is 17.0. The molecule has 0 spiro atoms. The van der Waals surface area contributed by atoms with Crippen molar-refractivity contribution in [2.45, 2.75) is 53.4 Å². The summed E-state index contributed by atoms with van der Waals surface area (Å²) in [5.74, 6) is -8.33. The van der Waals surface area contributed by atoms with Gasteiger partial charge in [-0.1, -0.05) is 28.9 Å². The van der Waals surface area contributed by atoms with Crippen LogP contribution in [-0.4, -0.2) is 46.2 Å². The maximum absolute atomic E-state index is 13.9. The molecule has 1 aromatic rings. The van der Waals surface area contributed by atoms with Gasteiger partial charge >= 0.3 is 35.2 Å². The summed E-state index contributed by atoms with van der Waals surface area (Å²) in [5, 5.41) is 20.0. The van der Waals surface area contributed by atoms with Gasteiger partial charge in [0.15, 0.2) is 5.75 Å². The first-order valence-electron chi connectivity index (χ1n) is 9.17. The number of nitrogens with zero attached hydrogens (tertiary/aromatic N) is 1. The molecular weight excluding hydrogens is 410 g/mol. The predicted octanol–water partition coefficient (Wildman–Crippen LogP) is 5.87. The summed E-state index contributed by atoms with van der Waals surface area (Å²) in [5.41, 5.74) is 1.79. The van der Waals surface area contributed by atoms with Crippen LogP contribution in [0.25, 0.3) is 0 Å². The Bertz CT molecular complexity index is 818. The minimum absolute atomic E-state index is 0. The first-order valence-corrected chi connectivity index (χ1v) is 9.17. The molecule has 0 amide bonds. The van der Waals surface area contributed by atoms with Crippen molar-refractivity contribution in [3.05, 3.63) is 62.5 Å². The van der Waals surface area contributed by atoms with E-state index in [1.807, 2.05) is 6.92 Å². The first kappa shape index (κ1) is 28.2. The third-order valence-electron chi connectivity index (χ3n) is 4.20. The maximum atomic E-state index is 13.9. The van der Waals surface area contributed by atoms with Gasteiger partial charge in [-0.05, 0) is 59.5 Å². The molecule has 0 fully saturated rings. The normalized spacial score (nSPS) is 11.7. The Kier molecular flexibility index (Phi) is 12.7. The number of benzene rings is 1. The van der Waals surface area contributed by atoms with E-state index in [0.717, 1.165) is 24.8 Å². The van der Waals surface area contributed by atoms with E-state index >= 15 is 0 Å². The number of nitro groups is 1. The second-order valence-electron chi connectivity index (χ2n) is 7.00. The van der Waals surface area contributed by atoms with E-state index in [1.165, 1.54) is 11.1 Å². The van der Waals surface area contributed by atoms with Gasteiger partial charge in [0, 0.05) is 0 Å². The van der Waals surface area contributed by atoms with Gasteiger partial charge in [0.25, 0.3) is 0 Å². The second-order valence-corrected chi connectivity index (χ2v) is 7.00. The van der Waals surface area contributed by atoms with Crippen LogP contribution in [0.15, 0.2) is 34.9 Å².